The van der Waals surface area contributed by atoms with Crippen molar-refractivity contribution in [3.05, 3.63) is 29.8 Å². The van der Waals surface area contributed by atoms with Crippen LogP contribution in [0.4, 0.5) is 0 Å². The molecule has 1 aliphatic carbocycles. The van der Waals surface area contributed by atoms with Gasteiger partial charge in [0.2, 0.25) is 0 Å². The molecule has 7 heteroatoms. The molecular formula is C17H28IN3O2S. The summed E-state index contributed by atoms with van der Waals surface area (Å²) in [5, 5.41) is 6.69. The summed E-state index contributed by atoms with van der Waals surface area (Å²) < 4.78 is 22.9. The lowest BCUT2D eigenvalue weighted by atomic mass is 9.67. The van der Waals surface area contributed by atoms with Gasteiger partial charge in [0.05, 0.1) is 4.90 Å². The molecule has 1 aliphatic rings. The second-order valence-corrected chi connectivity index (χ2v) is 8.42. The Bertz CT molecular complexity index is 647. The lowest BCUT2D eigenvalue weighted by molar-refractivity contribution is 0.131. The molecule has 1 aromatic carbocycles. The van der Waals surface area contributed by atoms with Gasteiger partial charge in [-0.15, -0.1) is 24.0 Å². The molecule has 0 radical (unpaired) electrons. The average molecular weight is 465 g/mol. The number of rotatable bonds is 6. The van der Waals surface area contributed by atoms with Crippen LogP contribution in [0.1, 0.15) is 38.2 Å². The number of hydrogen-bond donors (Lipinski definition) is 2. The highest BCUT2D eigenvalue weighted by atomic mass is 127. The minimum Gasteiger partial charge on any atom is -0.356 e. The maximum Gasteiger partial charge on any atom is 0.191 e. The number of benzene rings is 1. The molecule has 1 aromatic rings. The molecule has 2 rings (SSSR count). The van der Waals surface area contributed by atoms with E-state index in [1.54, 1.807) is 19.2 Å². The average Bonchev–Trinajstić information content (AvgIpc) is 2.49. The summed E-state index contributed by atoms with van der Waals surface area (Å²) in [5.74, 6) is 0.789. The fourth-order valence-corrected chi connectivity index (χ4v) is 3.49. The first kappa shape index (κ1) is 21.2. The summed E-state index contributed by atoms with van der Waals surface area (Å²) in [6, 6.07) is 6.94. The van der Waals surface area contributed by atoms with E-state index in [-0.39, 0.29) is 24.0 Å². The van der Waals surface area contributed by atoms with Gasteiger partial charge < -0.3 is 10.6 Å². The molecule has 0 atom stereocenters. The molecule has 0 unspecified atom stereocenters. The van der Waals surface area contributed by atoms with E-state index in [1.165, 1.54) is 31.9 Å². The van der Waals surface area contributed by atoms with Gasteiger partial charge in [0.1, 0.15) is 0 Å². The van der Waals surface area contributed by atoms with Crippen molar-refractivity contribution in [2.24, 2.45) is 10.4 Å². The van der Waals surface area contributed by atoms with Gasteiger partial charge in [0.25, 0.3) is 0 Å². The van der Waals surface area contributed by atoms with Crippen molar-refractivity contribution in [2.45, 2.75) is 44.0 Å². The Morgan fingerprint density at radius 2 is 1.83 bits per heavy atom. The van der Waals surface area contributed by atoms with Crippen molar-refractivity contribution in [3.63, 3.8) is 0 Å². The van der Waals surface area contributed by atoms with Crippen LogP contribution >= 0.6 is 24.0 Å². The van der Waals surface area contributed by atoms with Crippen LogP contribution in [0, 0.1) is 5.41 Å². The van der Waals surface area contributed by atoms with Gasteiger partial charge in [-0.05, 0) is 42.4 Å². The Hall–Kier alpha value is -0.830. The number of hydrogen-bond acceptors (Lipinski definition) is 3. The van der Waals surface area contributed by atoms with Crippen molar-refractivity contribution < 1.29 is 8.42 Å². The number of halogens is 1. The largest absolute Gasteiger partial charge is 0.356 e. The van der Waals surface area contributed by atoms with Gasteiger partial charge in [-0.1, -0.05) is 25.5 Å². The molecule has 24 heavy (non-hydrogen) atoms. The van der Waals surface area contributed by atoms with Crippen LogP contribution in [0.15, 0.2) is 34.2 Å². The maximum absolute atomic E-state index is 11.5. The fourth-order valence-electron chi connectivity index (χ4n) is 2.86. The first-order chi connectivity index (χ1) is 10.9. The summed E-state index contributed by atoms with van der Waals surface area (Å²) in [7, 11) is -1.37. The van der Waals surface area contributed by atoms with Gasteiger partial charge in [-0.2, -0.15) is 0 Å². The van der Waals surface area contributed by atoms with E-state index in [0.717, 1.165) is 18.1 Å². The highest BCUT2D eigenvalue weighted by Crippen LogP contribution is 2.42. The molecule has 0 aromatic heterocycles. The predicted molar refractivity (Wildman–Crippen MR) is 110 cm³/mol. The normalized spacial score (nSPS) is 16.7. The smallest absolute Gasteiger partial charge is 0.191 e. The van der Waals surface area contributed by atoms with Crippen molar-refractivity contribution in [1.82, 2.24) is 10.6 Å². The summed E-state index contributed by atoms with van der Waals surface area (Å²) >= 11 is 0. The SMILES string of the molecule is CCC1(CNC(=NC)NCc2ccc(S(C)(=O)=O)cc2)CCC1.I. The van der Waals surface area contributed by atoms with E-state index in [1.807, 2.05) is 12.1 Å². The third-order valence-corrected chi connectivity index (χ3v) is 5.96. The molecule has 0 bridgehead atoms. The first-order valence-electron chi connectivity index (χ1n) is 8.12. The lowest BCUT2D eigenvalue weighted by Crippen LogP contribution is -2.46. The van der Waals surface area contributed by atoms with Crippen LogP contribution in [0.3, 0.4) is 0 Å². The minimum atomic E-state index is -3.14. The number of nitrogens with one attached hydrogen (secondary N) is 2. The van der Waals surface area contributed by atoms with Gasteiger partial charge >= 0.3 is 0 Å². The van der Waals surface area contributed by atoms with Crippen LogP contribution < -0.4 is 10.6 Å². The van der Waals surface area contributed by atoms with Gasteiger partial charge in [0, 0.05) is 26.4 Å². The Kier molecular flexibility index (Phi) is 7.98. The first-order valence-corrected chi connectivity index (χ1v) is 10.0. The Labute approximate surface area is 162 Å². The van der Waals surface area contributed by atoms with E-state index >= 15 is 0 Å². The molecule has 0 saturated heterocycles. The van der Waals surface area contributed by atoms with Crippen LogP contribution in [-0.2, 0) is 16.4 Å². The molecule has 5 nitrogen and oxygen atoms in total. The molecule has 0 aliphatic heterocycles. The van der Waals surface area contributed by atoms with Gasteiger partial charge in [0.15, 0.2) is 15.8 Å². The zero-order valence-corrected chi connectivity index (χ0v) is 17.8. The third-order valence-electron chi connectivity index (χ3n) is 4.83. The van der Waals surface area contributed by atoms with E-state index < -0.39 is 9.84 Å². The summed E-state index contributed by atoms with van der Waals surface area (Å²) in [4.78, 5) is 4.60. The summed E-state index contributed by atoms with van der Waals surface area (Å²) in [5.41, 5.74) is 1.46. The van der Waals surface area contributed by atoms with E-state index in [2.05, 4.69) is 22.5 Å². The van der Waals surface area contributed by atoms with Crippen molar-refractivity contribution >= 4 is 39.8 Å². The topological polar surface area (TPSA) is 70.6 Å². The van der Waals surface area contributed by atoms with Crippen molar-refractivity contribution in [1.29, 1.82) is 0 Å². The molecule has 0 spiro atoms. The van der Waals surface area contributed by atoms with Crippen LogP contribution in [0.2, 0.25) is 0 Å². The molecule has 0 heterocycles. The van der Waals surface area contributed by atoms with E-state index in [9.17, 15) is 8.42 Å². The van der Waals surface area contributed by atoms with Gasteiger partial charge in [-0.25, -0.2) is 8.42 Å². The van der Waals surface area contributed by atoms with Gasteiger partial charge in [-0.3, -0.25) is 4.99 Å². The second kappa shape index (κ2) is 9.03. The number of aliphatic imine (C=N–C) groups is 1. The Balaban J connectivity index is 0.00000288. The second-order valence-electron chi connectivity index (χ2n) is 6.40. The molecule has 1 fully saturated rings. The Morgan fingerprint density at radius 1 is 1.21 bits per heavy atom. The van der Waals surface area contributed by atoms with Crippen LogP contribution in [-0.4, -0.2) is 34.2 Å². The third kappa shape index (κ3) is 5.61. The van der Waals surface area contributed by atoms with Crippen LogP contribution in [0.25, 0.3) is 0 Å². The highest BCUT2D eigenvalue weighted by Gasteiger charge is 2.34. The number of nitrogens with zero attached hydrogens (tertiary/aromatic N) is 1. The number of sulfone groups is 1. The molecule has 0 amide bonds. The monoisotopic (exact) mass is 465 g/mol. The standard InChI is InChI=1S/C17H27N3O2S.HI/c1-4-17(10-5-11-17)13-20-16(18-2)19-12-14-6-8-15(9-7-14)23(3,21)22;/h6-9H,4-5,10-13H2,1-3H3,(H2,18,19,20);1H. The summed E-state index contributed by atoms with van der Waals surface area (Å²) in [6.45, 7) is 3.82. The number of guanidine groups is 1. The molecule has 1 saturated carbocycles. The maximum atomic E-state index is 11.5. The summed E-state index contributed by atoms with van der Waals surface area (Å²) in [6.07, 6.45) is 6.33. The zero-order valence-electron chi connectivity index (χ0n) is 14.6. The lowest BCUT2D eigenvalue weighted by Gasteiger charge is -2.41. The molecular weight excluding hydrogens is 437 g/mol. The Morgan fingerprint density at radius 3 is 2.25 bits per heavy atom. The fraction of sp³-hybridized carbons (Fsp3) is 0.588. The van der Waals surface area contributed by atoms with Crippen molar-refractivity contribution in [2.75, 3.05) is 19.8 Å². The predicted octanol–water partition coefficient (Wildman–Crippen LogP) is 2.95. The van der Waals surface area contributed by atoms with E-state index in [0.29, 0.717) is 16.9 Å². The minimum absolute atomic E-state index is 0. The van der Waals surface area contributed by atoms with E-state index in [4.69, 9.17) is 0 Å². The molecule has 136 valence electrons. The zero-order chi connectivity index (χ0) is 16.9. The van der Waals surface area contributed by atoms with Crippen LogP contribution in [0.5, 0.6) is 0 Å². The molecule has 2 N–H and O–H groups in total. The highest BCUT2D eigenvalue weighted by molar-refractivity contribution is 14.0. The van der Waals surface area contributed by atoms with Crippen molar-refractivity contribution in [3.8, 4) is 0 Å². The quantitative estimate of drug-likeness (QED) is 0.385.